The normalized spacial score (nSPS) is 14.2. The molecule has 0 aliphatic heterocycles. The number of unbranched alkanes of at least 4 members (excludes halogenated alkanes) is 1. The van der Waals surface area contributed by atoms with Crippen molar-refractivity contribution in [3.8, 4) is 0 Å². The van der Waals surface area contributed by atoms with Crippen LogP contribution in [0.3, 0.4) is 0 Å². The maximum absolute atomic E-state index is 11.7. The summed E-state index contributed by atoms with van der Waals surface area (Å²) in [7, 11) is -2.00. The van der Waals surface area contributed by atoms with Crippen LogP contribution in [-0.4, -0.2) is 37.7 Å². The summed E-state index contributed by atoms with van der Waals surface area (Å²) in [5.41, 5.74) is 0. The van der Waals surface area contributed by atoms with Gasteiger partial charge in [0.25, 0.3) is 0 Å². The Bertz CT molecular complexity index is 351. The molecule has 0 aliphatic carbocycles. The van der Waals surface area contributed by atoms with E-state index in [0.717, 1.165) is 12.8 Å². The summed E-state index contributed by atoms with van der Waals surface area (Å²) in [5.74, 6) is -1.19. The average molecular weight is 321 g/mol. The molecule has 0 aliphatic rings. The molecule has 3 atom stereocenters. The minimum absolute atomic E-state index is 0.207. The molecule has 0 aromatic carbocycles. The summed E-state index contributed by atoms with van der Waals surface area (Å²) in [6.45, 7) is 7.87. The highest BCUT2D eigenvalue weighted by Crippen LogP contribution is 2.11. The monoisotopic (exact) mass is 321 g/mol. The molecule has 122 valence electrons. The van der Waals surface area contributed by atoms with Crippen LogP contribution in [0, 0.1) is 5.92 Å². The van der Waals surface area contributed by atoms with Gasteiger partial charge in [0.15, 0.2) is 0 Å². The Hall–Kier alpha value is -1.04. The molecular formula is C13H26N2O5P+. The first kappa shape index (κ1) is 20.0. The Morgan fingerprint density at radius 3 is 2.38 bits per heavy atom. The van der Waals surface area contributed by atoms with Crippen molar-refractivity contribution in [1.29, 1.82) is 0 Å². The fraction of sp³-hybridized carbons (Fsp3) is 0.846. The van der Waals surface area contributed by atoms with Gasteiger partial charge in [-0.25, -0.2) is 0 Å². The fourth-order valence-corrected chi connectivity index (χ4v) is 2.29. The van der Waals surface area contributed by atoms with Gasteiger partial charge in [-0.3, -0.25) is 9.59 Å². The van der Waals surface area contributed by atoms with E-state index >= 15 is 0 Å². The number of carbonyl (C=O) groups excluding carboxylic acids is 2. The lowest BCUT2D eigenvalue weighted by atomic mass is 10.2. The van der Waals surface area contributed by atoms with Crippen LogP contribution in [0.15, 0.2) is 0 Å². The van der Waals surface area contributed by atoms with Gasteiger partial charge in [0.2, 0.25) is 0 Å². The maximum atomic E-state index is 11.7. The summed E-state index contributed by atoms with van der Waals surface area (Å²) in [4.78, 5) is 23.0. The summed E-state index contributed by atoms with van der Waals surface area (Å²) in [5, 5.41) is 5.27. The molecule has 7 nitrogen and oxygen atoms in total. The van der Waals surface area contributed by atoms with E-state index in [4.69, 9.17) is 9.47 Å². The second-order valence-electron chi connectivity index (χ2n) is 4.68. The van der Waals surface area contributed by atoms with Crippen molar-refractivity contribution < 1.29 is 23.6 Å². The summed E-state index contributed by atoms with van der Waals surface area (Å²) in [6.07, 6.45) is 1.75. The van der Waals surface area contributed by atoms with E-state index in [1.54, 1.807) is 20.8 Å². The molecule has 0 heterocycles. The molecule has 0 aromatic rings. The second kappa shape index (κ2) is 11.6. The Morgan fingerprint density at radius 1 is 1.14 bits per heavy atom. The molecule has 8 heteroatoms. The van der Waals surface area contributed by atoms with Crippen molar-refractivity contribution in [2.24, 2.45) is 5.92 Å². The van der Waals surface area contributed by atoms with Crippen LogP contribution in [0.4, 0.5) is 0 Å². The zero-order chi connectivity index (χ0) is 16.3. The highest BCUT2D eigenvalue weighted by atomic mass is 31.1. The molecule has 0 saturated carbocycles. The molecule has 0 radical (unpaired) electrons. The minimum atomic E-state index is -2.00. The zero-order valence-corrected chi connectivity index (χ0v) is 14.1. The van der Waals surface area contributed by atoms with Crippen molar-refractivity contribution in [3.63, 3.8) is 0 Å². The highest BCUT2D eigenvalue weighted by Gasteiger charge is 2.27. The van der Waals surface area contributed by atoms with Crippen LogP contribution in [0.5, 0.6) is 0 Å². The molecule has 3 unspecified atom stereocenters. The van der Waals surface area contributed by atoms with Gasteiger partial charge in [0.05, 0.1) is 25.7 Å². The standard InChI is InChI=1S/C13H26N2O5P/c1-5-7-8-20-13(17)11(4)15-21(18)14-9-10(3)12(16)19-6-2/h10-11H,5-9H2,1-4H3,(H2,14,15,18)/q+1. The fourth-order valence-electron chi connectivity index (χ4n) is 1.30. The molecule has 21 heavy (non-hydrogen) atoms. The summed E-state index contributed by atoms with van der Waals surface area (Å²) < 4.78 is 21.6. The van der Waals surface area contributed by atoms with Crippen LogP contribution in [0.2, 0.25) is 0 Å². The Morgan fingerprint density at radius 2 is 1.81 bits per heavy atom. The van der Waals surface area contributed by atoms with Crippen molar-refractivity contribution in [2.75, 3.05) is 19.8 Å². The van der Waals surface area contributed by atoms with Crippen LogP contribution >= 0.6 is 8.10 Å². The number of esters is 2. The van der Waals surface area contributed by atoms with E-state index in [-0.39, 0.29) is 12.5 Å². The van der Waals surface area contributed by atoms with Crippen molar-refractivity contribution in [3.05, 3.63) is 0 Å². The van der Waals surface area contributed by atoms with Crippen molar-refractivity contribution in [1.82, 2.24) is 10.2 Å². The first-order valence-electron chi connectivity index (χ1n) is 7.22. The molecule has 0 saturated heterocycles. The lowest BCUT2D eigenvalue weighted by molar-refractivity contribution is -0.147. The Labute approximate surface area is 127 Å². The average Bonchev–Trinajstić information content (AvgIpc) is 2.44. The van der Waals surface area contributed by atoms with Crippen molar-refractivity contribution in [2.45, 2.75) is 46.6 Å². The molecule has 0 fully saturated rings. The van der Waals surface area contributed by atoms with Gasteiger partial charge < -0.3 is 9.47 Å². The zero-order valence-electron chi connectivity index (χ0n) is 13.2. The minimum Gasteiger partial charge on any atom is -0.466 e. The number of ether oxygens (including phenoxy) is 2. The summed E-state index contributed by atoms with van der Waals surface area (Å²) >= 11 is 0. The molecule has 0 spiro atoms. The summed E-state index contributed by atoms with van der Waals surface area (Å²) in [6, 6.07) is -0.670. The predicted octanol–water partition coefficient (Wildman–Crippen LogP) is 1.75. The van der Waals surface area contributed by atoms with E-state index in [1.165, 1.54) is 0 Å². The Balaban J connectivity index is 3.97. The van der Waals surface area contributed by atoms with E-state index in [0.29, 0.717) is 13.2 Å². The van der Waals surface area contributed by atoms with Crippen LogP contribution < -0.4 is 10.2 Å². The van der Waals surface area contributed by atoms with E-state index < -0.39 is 26.0 Å². The van der Waals surface area contributed by atoms with Gasteiger partial charge in [-0.05, 0) is 24.8 Å². The number of carbonyl (C=O) groups is 2. The molecule has 0 amide bonds. The molecule has 0 bridgehead atoms. The van der Waals surface area contributed by atoms with E-state index in [1.807, 2.05) is 6.92 Å². The largest absolute Gasteiger partial charge is 0.532 e. The molecule has 0 rings (SSSR count). The maximum Gasteiger partial charge on any atom is 0.532 e. The van der Waals surface area contributed by atoms with Gasteiger partial charge >= 0.3 is 20.0 Å². The number of rotatable bonds is 11. The van der Waals surface area contributed by atoms with Crippen LogP contribution in [0.25, 0.3) is 0 Å². The topological polar surface area (TPSA) is 93.7 Å². The number of hydrogen-bond donors (Lipinski definition) is 2. The lowest BCUT2D eigenvalue weighted by Gasteiger charge is -2.09. The lowest BCUT2D eigenvalue weighted by Crippen LogP contribution is -2.34. The smallest absolute Gasteiger partial charge is 0.466 e. The van der Waals surface area contributed by atoms with Crippen LogP contribution in [0.1, 0.15) is 40.5 Å². The quantitative estimate of drug-likeness (QED) is 0.340. The van der Waals surface area contributed by atoms with E-state index in [9.17, 15) is 14.2 Å². The molecule has 2 N–H and O–H groups in total. The number of nitrogens with one attached hydrogen (secondary N) is 2. The molecule has 0 aromatic heterocycles. The predicted molar refractivity (Wildman–Crippen MR) is 79.9 cm³/mol. The third-order valence-electron chi connectivity index (χ3n) is 2.64. The van der Waals surface area contributed by atoms with Gasteiger partial charge in [-0.2, -0.15) is 0 Å². The third-order valence-corrected chi connectivity index (χ3v) is 3.73. The SMILES string of the molecule is CCCCOC(=O)C(C)N[P+](=O)NCC(C)C(=O)OCC. The highest BCUT2D eigenvalue weighted by molar-refractivity contribution is 7.40. The first-order chi connectivity index (χ1) is 9.92. The van der Waals surface area contributed by atoms with E-state index in [2.05, 4.69) is 10.2 Å². The van der Waals surface area contributed by atoms with Gasteiger partial charge in [0.1, 0.15) is 6.04 Å². The Kier molecular flexibility index (Phi) is 11.0. The van der Waals surface area contributed by atoms with Gasteiger partial charge in [0, 0.05) is 0 Å². The van der Waals surface area contributed by atoms with Gasteiger partial charge in [-0.15, -0.1) is 0 Å². The van der Waals surface area contributed by atoms with Gasteiger partial charge in [-0.1, -0.05) is 30.4 Å². The molecular weight excluding hydrogens is 295 g/mol. The van der Waals surface area contributed by atoms with Crippen molar-refractivity contribution >= 4 is 20.0 Å². The van der Waals surface area contributed by atoms with Crippen LogP contribution in [-0.2, 0) is 23.6 Å². The second-order valence-corrected chi connectivity index (χ2v) is 5.84. The number of hydrogen-bond acceptors (Lipinski definition) is 5. The first-order valence-corrected chi connectivity index (χ1v) is 8.48. The third kappa shape index (κ3) is 9.50.